The van der Waals surface area contributed by atoms with E-state index in [0.717, 1.165) is 18.9 Å². The Morgan fingerprint density at radius 1 is 1.37 bits per heavy atom. The molecule has 0 spiro atoms. The van der Waals surface area contributed by atoms with Crippen LogP contribution in [-0.4, -0.2) is 11.0 Å². The number of benzene rings is 1. The summed E-state index contributed by atoms with van der Waals surface area (Å²) in [7, 11) is 0. The van der Waals surface area contributed by atoms with E-state index in [1.807, 2.05) is 6.92 Å². The second-order valence-electron chi connectivity index (χ2n) is 4.82. The molecule has 1 N–H and O–H groups in total. The smallest absolute Gasteiger partial charge is 0.272 e. The van der Waals surface area contributed by atoms with Gasteiger partial charge in [-0.05, 0) is 19.4 Å². The number of hydrogen-bond donors (Lipinski definition) is 1. The van der Waals surface area contributed by atoms with Gasteiger partial charge in [0.1, 0.15) is 0 Å². The van der Waals surface area contributed by atoms with E-state index in [1.54, 1.807) is 0 Å². The fourth-order valence-corrected chi connectivity index (χ4v) is 1.95. The zero-order chi connectivity index (χ0) is 14.3. The highest BCUT2D eigenvalue weighted by Gasteiger charge is 2.12. The number of nitrogens with zero attached hydrogens (tertiary/aromatic N) is 1. The van der Waals surface area contributed by atoms with Crippen molar-refractivity contribution < 1.29 is 9.31 Å². The van der Waals surface area contributed by atoms with Gasteiger partial charge in [-0.25, -0.2) is 4.39 Å². The molecule has 0 fully saturated rings. The molecule has 5 heteroatoms. The molecule has 1 rings (SSSR count). The van der Waals surface area contributed by atoms with Gasteiger partial charge in [0.25, 0.3) is 5.69 Å². The van der Waals surface area contributed by atoms with Gasteiger partial charge < -0.3 is 5.32 Å². The molecule has 0 radical (unpaired) electrons. The number of rotatable bonds is 8. The molecule has 106 valence electrons. The Balaban J connectivity index is 2.50. The van der Waals surface area contributed by atoms with Crippen molar-refractivity contribution in [1.29, 1.82) is 0 Å². The lowest BCUT2D eigenvalue weighted by Gasteiger charge is -2.15. The van der Waals surface area contributed by atoms with Crippen LogP contribution in [0.4, 0.5) is 15.8 Å². The first-order valence-corrected chi connectivity index (χ1v) is 6.75. The van der Waals surface area contributed by atoms with Gasteiger partial charge in [-0.1, -0.05) is 32.6 Å². The average Bonchev–Trinajstić information content (AvgIpc) is 2.37. The van der Waals surface area contributed by atoms with Gasteiger partial charge in [0, 0.05) is 12.1 Å². The Hall–Kier alpha value is -1.65. The fourth-order valence-electron chi connectivity index (χ4n) is 1.95. The Bertz CT molecular complexity index is 424. The summed E-state index contributed by atoms with van der Waals surface area (Å²) < 4.78 is 13.6. The lowest BCUT2D eigenvalue weighted by atomic mass is 10.1. The molecule has 1 atom stereocenters. The number of hydrogen-bond acceptors (Lipinski definition) is 3. The SMILES string of the molecule is CCCCCCC(C)Nc1ccc([N+](=O)[O-])cc1F. The monoisotopic (exact) mass is 268 g/mol. The molecule has 0 heterocycles. The van der Waals surface area contributed by atoms with E-state index in [-0.39, 0.29) is 11.7 Å². The standard InChI is InChI=1S/C14H21FN2O2/c1-3-4-5-6-7-11(2)16-14-9-8-12(17(18)19)10-13(14)15/h8-11,16H,3-7H2,1-2H3. The van der Waals surface area contributed by atoms with Crippen molar-refractivity contribution in [3.8, 4) is 0 Å². The molecule has 0 saturated heterocycles. The third-order valence-corrected chi connectivity index (χ3v) is 3.06. The minimum absolute atomic E-state index is 0.160. The third kappa shape index (κ3) is 5.24. The summed E-state index contributed by atoms with van der Waals surface area (Å²) in [5.41, 5.74) is 0.104. The Morgan fingerprint density at radius 2 is 2.11 bits per heavy atom. The van der Waals surface area contributed by atoms with Crippen molar-refractivity contribution in [2.24, 2.45) is 0 Å². The third-order valence-electron chi connectivity index (χ3n) is 3.06. The highest BCUT2D eigenvalue weighted by molar-refractivity contribution is 5.50. The number of nitrogens with one attached hydrogen (secondary N) is 1. The van der Waals surface area contributed by atoms with Crippen LogP contribution in [0, 0.1) is 15.9 Å². The first kappa shape index (κ1) is 15.4. The van der Waals surface area contributed by atoms with Crippen molar-refractivity contribution in [3.05, 3.63) is 34.1 Å². The van der Waals surface area contributed by atoms with E-state index in [4.69, 9.17) is 0 Å². The van der Waals surface area contributed by atoms with Crippen molar-refractivity contribution >= 4 is 11.4 Å². The van der Waals surface area contributed by atoms with Gasteiger partial charge in [0.15, 0.2) is 5.82 Å². The van der Waals surface area contributed by atoms with Crippen molar-refractivity contribution in [2.45, 2.75) is 52.0 Å². The predicted molar refractivity (Wildman–Crippen MR) is 74.9 cm³/mol. The molecule has 1 unspecified atom stereocenters. The highest BCUT2D eigenvalue weighted by atomic mass is 19.1. The molecule has 0 aliphatic rings. The summed E-state index contributed by atoms with van der Waals surface area (Å²) >= 11 is 0. The number of anilines is 1. The normalized spacial score (nSPS) is 12.2. The van der Waals surface area contributed by atoms with Crippen LogP contribution in [0.3, 0.4) is 0 Å². The van der Waals surface area contributed by atoms with Gasteiger partial charge >= 0.3 is 0 Å². The van der Waals surface area contributed by atoms with Gasteiger partial charge in [0.2, 0.25) is 0 Å². The molecule has 1 aromatic carbocycles. The average molecular weight is 268 g/mol. The maximum Gasteiger partial charge on any atom is 0.272 e. The largest absolute Gasteiger partial charge is 0.380 e. The summed E-state index contributed by atoms with van der Waals surface area (Å²) in [5.74, 6) is -0.574. The van der Waals surface area contributed by atoms with E-state index in [2.05, 4.69) is 12.2 Å². The highest BCUT2D eigenvalue weighted by Crippen LogP contribution is 2.21. The first-order chi connectivity index (χ1) is 9.04. The van der Waals surface area contributed by atoms with Crippen LogP contribution in [0.1, 0.15) is 46.0 Å². The lowest BCUT2D eigenvalue weighted by molar-refractivity contribution is -0.385. The van der Waals surface area contributed by atoms with E-state index in [9.17, 15) is 14.5 Å². The van der Waals surface area contributed by atoms with Gasteiger partial charge in [-0.3, -0.25) is 10.1 Å². The Labute approximate surface area is 113 Å². The summed E-state index contributed by atoms with van der Waals surface area (Å²) in [4.78, 5) is 9.91. The van der Waals surface area contributed by atoms with E-state index in [1.165, 1.54) is 31.4 Å². The molecule has 19 heavy (non-hydrogen) atoms. The quantitative estimate of drug-likeness (QED) is 0.429. The lowest BCUT2D eigenvalue weighted by Crippen LogP contribution is -2.15. The number of unbranched alkanes of at least 4 members (excludes halogenated alkanes) is 3. The van der Waals surface area contributed by atoms with Crippen LogP contribution in [0.5, 0.6) is 0 Å². The number of nitro benzene ring substituents is 1. The van der Waals surface area contributed by atoms with Crippen molar-refractivity contribution in [2.75, 3.05) is 5.32 Å². The van der Waals surface area contributed by atoms with Crippen LogP contribution < -0.4 is 5.32 Å². The second kappa shape index (κ2) is 7.71. The second-order valence-corrected chi connectivity index (χ2v) is 4.82. The number of non-ortho nitro benzene ring substituents is 1. The van der Waals surface area contributed by atoms with Crippen LogP contribution in [0.15, 0.2) is 18.2 Å². The summed E-state index contributed by atoms with van der Waals surface area (Å²) in [6.45, 7) is 4.15. The molecular weight excluding hydrogens is 247 g/mol. The Morgan fingerprint density at radius 3 is 2.68 bits per heavy atom. The molecule has 0 saturated carbocycles. The maximum absolute atomic E-state index is 13.6. The minimum atomic E-state index is -0.596. The summed E-state index contributed by atoms with van der Waals surface area (Å²) in [5, 5.41) is 13.6. The maximum atomic E-state index is 13.6. The van der Waals surface area contributed by atoms with Crippen molar-refractivity contribution in [3.63, 3.8) is 0 Å². The summed E-state index contributed by atoms with van der Waals surface area (Å²) in [6, 6.07) is 3.85. The molecule has 0 amide bonds. The fraction of sp³-hybridized carbons (Fsp3) is 0.571. The van der Waals surface area contributed by atoms with Crippen LogP contribution >= 0.6 is 0 Å². The zero-order valence-electron chi connectivity index (χ0n) is 11.5. The predicted octanol–water partition coefficient (Wildman–Crippen LogP) is 4.50. The van der Waals surface area contributed by atoms with Crippen molar-refractivity contribution in [1.82, 2.24) is 0 Å². The molecule has 0 aliphatic heterocycles. The van der Waals surface area contributed by atoms with Gasteiger partial charge in [0.05, 0.1) is 16.7 Å². The van der Waals surface area contributed by atoms with Crippen LogP contribution in [-0.2, 0) is 0 Å². The molecule has 4 nitrogen and oxygen atoms in total. The van der Waals surface area contributed by atoms with Gasteiger partial charge in [-0.15, -0.1) is 0 Å². The Kier molecular flexibility index (Phi) is 6.25. The van der Waals surface area contributed by atoms with Crippen LogP contribution in [0.25, 0.3) is 0 Å². The van der Waals surface area contributed by atoms with E-state index >= 15 is 0 Å². The van der Waals surface area contributed by atoms with Gasteiger partial charge in [-0.2, -0.15) is 0 Å². The summed E-state index contributed by atoms with van der Waals surface area (Å²) in [6.07, 6.45) is 5.68. The molecule has 0 aromatic heterocycles. The van der Waals surface area contributed by atoms with E-state index in [0.29, 0.717) is 5.69 Å². The number of nitro groups is 1. The molecular formula is C14H21FN2O2. The minimum Gasteiger partial charge on any atom is -0.380 e. The topological polar surface area (TPSA) is 55.2 Å². The first-order valence-electron chi connectivity index (χ1n) is 6.75. The number of halogens is 1. The van der Waals surface area contributed by atoms with Crippen LogP contribution in [0.2, 0.25) is 0 Å². The molecule has 1 aromatic rings. The molecule has 0 bridgehead atoms. The zero-order valence-corrected chi connectivity index (χ0v) is 11.5. The van der Waals surface area contributed by atoms with E-state index < -0.39 is 10.7 Å². The molecule has 0 aliphatic carbocycles.